The van der Waals surface area contributed by atoms with Crippen molar-refractivity contribution in [1.29, 1.82) is 0 Å². The molecule has 2 aromatic rings. The predicted molar refractivity (Wildman–Crippen MR) is 93.5 cm³/mol. The maximum Gasteiger partial charge on any atom is 0.307 e. The van der Waals surface area contributed by atoms with Crippen molar-refractivity contribution in [2.24, 2.45) is 0 Å². The third-order valence-corrected chi connectivity index (χ3v) is 3.72. The molecule has 0 aliphatic carbocycles. The molecule has 0 aliphatic rings. The first-order chi connectivity index (χ1) is 11.5. The molecule has 0 saturated carbocycles. The number of ketones is 1. The quantitative estimate of drug-likeness (QED) is 0.622. The second-order valence-corrected chi connectivity index (χ2v) is 5.39. The van der Waals surface area contributed by atoms with E-state index in [0.29, 0.717) is 16.9 Å². The van der Waals surface area contributed by atoms with E-state index < -0.39 is 5.97 Å². The van der Waals surface area contributed by atoms with E-state index in [1.165, 1.54) is 18.7 Å². The van der Waals surface area contributed by atoms with Crippen LogP contribution in [0.2, 0.25) is 0 Å². The number of carboxylic acid groups (broad SMARTS) is 1. The Morgan fingerprint density at radius 2 is 1.83 bits per heavy atom. The third-order valence-electron chi connectivity index (χ3n) is 3.72. The lowest BCUT2D eigenvalue weighted by Gasteiger charge is -2.08. The van der Waals surface area contributed by atoms with Gasteiger partial charge < -0.3 is 9.84 Å². The number of allylic oxidation sites excluding steroid dienone is 1. The minimum absolute atomic E-state index is 0.177. The Morgan fingerprint density at radius 3 is 2.42 bits per heavy atom. The Bertz CT molecular complexity index is 758. The van der Waals surface area contributed by atoms with Crippen LogP contribution in [-0.4, -0.2) is 24.0 Å². The van der Waals surface area contributed by atoms with Crippen molar-refractivity contribution in [1.82, 2.24) is 0 Å². The van der Waals surface area contributed by atoms with Crippen LogP contribution in [0.3, 0.4) is 0 Å². The predicted octanol–water partition coefficient (Wildman–Crippen LogP) is 3.78. The number of hydrogen-bond donors (Lipinski definition) is 1. The average molecular weight is 324 g/mol. The summed E-state index contributed by atoms with van der Waals surface area (Å²) in [5, 5.41) is 8.96. The van der Waals surface area contributed by atoms with Crippen molar-refractivity contribution in [3.63, 3.8) is 0 Å². The lowest BCUT2D eigenvalue weighted by molar-refractivity contribution is -0.136. The average Bonchev–Trinajstić information content (AvgIpc) is 2.59. The molecule has 124 valence electrons. The molecule has 4 nitrogen and oxygen atoms in total. The Labute approximate surface area is 141 Å². The van der Waals surface area contributed by atoms with Gasteiger partial charge in [-0.1, -0.05) is 37.3 Å². The van der Waals surface area contributed by atoms with E-state index in [0.717, 1.165) is 12.0 Å². The molecule has 1 N–H and O–H groups in total. The molecule has 0 bridgehead atoms. The molecule has 2 rings (SSSR count). The van der Waals surface area contributed by atoms with Crippen molar-refractivity contribution >= 4 is 17.8 Å². The number of methoxy groups -OCH3 is 1. The van der Waals surface area contributed by atoms with Crippen LogP contribution in [0.15, 0.2) is 48.5 Å². The highest BCUT2D eigenvalue weighted by Crippen LogP contribution is 2.21. The van der Waals surface area contributed by atoms with Crippen molar-refractivity contribution < 1.29 is 19.4 Å². The molecule has 0 aliphatic heterocycles. The van der Waals surface area contributed by atoms with Gasteiger partial charge in [0.05, 0.1) is 13.5 Å². The monoisotopic (exact) mass is 324 g/mol. The fourth-order valence-corrected chi connectivity index (χ4v) is 2.37. The van der Waals surface area contributed by atoms with Crippen LogP contribution in [0.1, 0.15) is 34.0 Å². The molecular weight excluding hydrogens is 304 g/mol. The molecule has 0 fully saturated rings. The minimum Gasteiger partial charge on any atom is -0.496 e. The molecule has 24 heavy (non-hydrogen) atoms. The third kappa shape index (κ3) is 4.56. The minimum atomic E-state index is -0.968. The molecule has 0 amide bonds. The van der Waals surface area contributed by atoms with E-state index in [9.17, 15) is 9.59 Å². The second-order valence-electron chi connectivity index (χ2n) is 5.39. The largest absolute Gasteiger partial charge is 0.496 e. The number of aryl methyl sites for hydroxylation is 1. The van der Waals surface area contributed by atoms with E-state index in [2.05, 4.69) is 6.92 Å². The smallest absolute Gasteiger partial charge is 0.307 e. The number of aliphatic carboxylic acids is 1. The number of hydrogen-bond acceptors (Lipinski definition) is 3. The maximum atomic E-state index is 12.3. The van der Waals surface area contributed by atoms with Crippen LogP contribution >= 0.6 is 0 Å². The number of carbonyl (C=O) groups excluding carboxylic acids is 1. The van der Waals surface area contributed by atoms with Gasteiger partial charge in [0.15, 0.2) is 5.78 Å². The first kappa shape index (κ1) is 17.5. The molecule has 0 atom stereocenters. The van der Waals surface area contributed by atoms with Crippen LogP contribution in [0.5, 0.6) is 5.75 Å². The first-order valence-electron chi connectivity index (χ1n) is 7.73. The van der Waals surface area contributed by atoms with Gasteiger partial charge >= 0.3 is 5.97 Å². The highest BCUT2D eigenvalue weighted by molar-refractivity contribution is 6.07. The zero-order valence-electron chi connectivity index (χ0n) is 13.8. The summed E-state index contributed by atoms with van der Waals surface area (Å²) in [6.07, 6.45) is 4.03. The molecular formula is C20H20O4. The van der Waals surface area contributed by atoms with Gasteiger partial charge in [0.1, 0.15) is 5.75 Å². The number of ether oxygens (including phenoxy) is 1. The number of carbonyl (C=O) groups is 2. The maximum absolute atomic E-state index is 12.3. The van der Waals surface area contributed by atoms with Crippen molar-refractivity contribution in [3.05, 3.63) is 70.8 Å². The molecule has 0 heterocycles. The lowest BCUT2D eigenvalue weighted by Crippen LogP contribution is -2.04. The molecule has 0 saturated heterocycles. The molecule has 0 aromatic heterocycles. The molecule has 0 unspecified atom stereocenters. The van der Waals surface area contributed by atoms with Gasteiger partial charge in [-0.2, -0.15) is 0 Å². The lowest BCUT2D eigenvalue weighted by atomic mass is 10.0. The van der Waals surface area contributed by atoms with Gasteiger partial charge in [-0.05, 0) is 41.8 Å². The number of carboxylic acids is 1. The summed E-state index contributed by atoms with van der Waals surface area (Å²) in [4.78, 5) is 23.2. The van der Waals surface area contributed by atoms with Crippen LogP contribution < -0.4 is 4.74 Å². The summed E-state index contributed by atoms with van der Waals surface area (Å²) in [5.74, 6) is -0.679. The van der Waals surface area contributed by atoms with E-state index in [-0.39, 0.29) is 12.2 Å². The highest BCUT2D eigenvalue weighted by Gasteiger charge is 2.11. The summed E-state index contributed by atoms with van der Waals surface area (Å²) in [7, 11) is 1.47. The molecule has 4 heteroatoms. The van der Waals surface area contributed by atoms with Crippen molar-refractivity contribution in [2.45, 2.75) is 19.8 Å². The standard InChI is InChI=1S/C20H20O4/c1-3-14-4-6-15(7-5-14)8-10-18(21)16-9-11-19(24-2)17(12-16)13-20(22)23/h4-12H,3,13H2,1-2H3,(H,22,23)/b10-8+. The number of rotatable bonds is 7. The fraction of sp³-hybridized carbons (Fsp3) is 0.200. The highest BCUT2D eigenvalue weighted by atomic mass is 16.5. The summed E-state index contributed by atoms with van der Waals surface area (Å²) in [6, 6.07) is 12.8. The molecule has 2 aromatic carbocycles. The fourth-order valence-electron chi connectivity index (χ4n) is 2.37. The zero-order chi connectivity index (χ0) is 17.5. The van der Waals surface area contributed by atoms with Crippen LogP contribution in [0.25, 0.3) is 6.08 Å². The van der Waals surface area contributed by atoms with Gasteiger partial charge in [0.2, 0.25) is 0 Å². The van der Waals surface area contributed by atoms with Crippen LogP contribution in [0, 0.1) is 0 Å². The van der Waals surface area contributed by atoms with Gasteiger partial charge in [0.25, 0.3) is 0 Å². The van der Waals surface area contributed by atoms with Crippen molar-refractivity contribution in [3.8, 4) is 5.75 Å². The van der Waals surface area contributed by atoms with Gasteiger partial charge in [-0.3, -0.25) is 9.59 Å². The Morgan fingerprint density at radius 1 is 1.12 bits per heavy atom. The van der Waals surface area contributed by atoms with E-state index in [1.54, 1.807) is 24.3 Å². The summed E-state index contributed by atoms with van der Waals surface area (Å²) >= 11 is 0. The van der Waals surface area contributed by atoms with Crippen LogP contribution in [0.4, 0.5) is 0 Å². The second kappa shape index (κ2) is 8.11. The van der Waals surface area contributed by atoms with Gasteiger partial charge in [-0.25, -0.2) is 0 Å². The van der Waals surface area contributed by atoms with Gasteiger partial charge in [0, 0.05) is 11.1 Å². The topological polar surface area (TPSA) is 63.6 Å². The first-order valence-corrected chi connectivity index (χ1v) is 7.73. The van der Waals surface area contributed by atoms with E-state index in [1.807, 2.05) is 24.3 Å². The van der Waals surface area contributed by atoms with Crippen LogP contribution in [-0.2, 0) is 17.6 Å². The SMILES string of the molecule is CCc1ccc(/C=C/C(=O)c2ccc(OC)c(CC(=O)O)c2)cc1. The normalized spacial score (nSPS) is 10.8. The van der Waals surface area contributed by atoms with E-state index >= 15 is 0 Å². The van der Waals surface area contributed by atoms with Crippen molar-refractivity contribution in [2.75, 3.05) is 7.11 Å². The molecule has 0 radical (unpaired) electrons. The molecule has 0 spiro atoms. The summed E-state index contributed by atoms with van der Waals surface area (Å²) in [6.45, 7) is 2.09. The Hall–Kier alpha value is -2.88. The Kier molecular flexibility index (Phi) is 5.90. The summed E-state index contributed by atoms with van der Waals surface area (Å²) in [5.41, 5.74) is 3.11. The zero-order valence-corrected chi connectivity index (χ0v) is 13.8. The Balaban J connectivity index is 2.19. The number of benzene rings is 2. The van der Waals surface area contributed by atoms with Gasteiger partial charge in [-0.15, -0.1) is 0 Å². The summed E-state index contributed by atoms with van der Waals surface area (Å²) < 4.78 is 5.14. The van der Waals surface area contributed by atoms with E-state index in [4.69, 9.17) is 9.84 Å².